The van der Waals surface area contributed by atoms with Gasteiger partial charge in [-0.15, -0.1) is 34.2 Å². The maximum Gasteiger partial charge on any atom is 0.193 e. The number of benzene rings is 2. The second-order valence-corrected chi connectivity index (χ2v) is 5.35. The number of rotatable bonds is 6. The van der Waals surface area contributed by atoms with Crippen molar-refractivity contribution in [2.45, 2.75) is 6.54 Å². The zero-order valence-electron chi connectivity index (χ0n) is 15.0. The number of aromatic nitrogens is 3. The number of guanidine groups is 1. The van der Waals surface area contributed by atoms with Crippen molar-refractivity contribution in [1.82, 2.24) is 14.8 Å². The van der Waals surface area contributed by atoms with Gasteiger partial charge in [-0.2, -0.15) is 0 Å². The van der Waals surface area contributed by atoms with Gasteiger partial charge in [-0.1, -0.05) is 18.2 Å². The topological polar surface area (TPSA) is 99.6 Å². The van der Waals surface area contributed by atoms with Crippen molar-refractivity contribution in [3.8, 4) is 17.2 Å². The van der Waals surface area contributed by atoms with Crippen LogP contribution < -0.4 is 20.5 Å². The molecule has 0 bridgehead atoms. The zero-order valence-corrected chi connectivity index (χ0v) is 17.3. The van der Waals surface area contributed by atoms with Crippen LogP contribution in [0.3, 0.4) is 0 Å². The Labute approximate surface area is 174 Å². The monoisotopic (exact) mass is 480 g/mol. The van der Waals surface area contributed by atoms with Crippen LogP contribution >= 0.6 is 24.0 Å². The minimum atomic E-state index is 0. The smallest absolute Gasteiger partial charge is 0.193 e. The number of hydrogen-bond donors (Lipinski definition) is 2. The number of anilines is 1. The van der Waals surface area contributed by atoms with Crippen molar-refractivity contribution < 1.29 is 9.47 Å². The third kappa shape index (κ3) is 5.09. The van der Waals surface area contributed by atoms with Crippen LogP contribution in [0, 0.1) is 0 Å². The Kier molecular flexibility index (Phi) is 7.41. The average molecular weight is 480 g/mol. The third-order valence-electron chi connectivity index (χ3n) is 3.70. The fourth-order valence-corrected chi connectivity index (χ4v) is 2.43. The molecule has 0 fully saturated rings. The number of nitrogens with two attached hydrogens (primary N) is 1. The maximum atomic E-state index is 5.98. The SMILES string of the molecule is COc1ccc(NC(N)=NCc2nncn2-c2ccccc2)cc1OC.I. The molecule has 0 saturated carbocycles. The average Bonchev–Trinajstić information content (AvgIpc) is 3.15. The molecular formula is C18H21IN6O2. The highest BCUT2D eigenvalue weighted by molar-refractivity contribution is 14.0. The van der Waals surface area contributed by atoms with Gasteiger partial charge in [0, 0.05) is 17.4 Å². The molecule has 0 aliphatic carbocycles. The summed E-state index contributed by atoms with van der Waals surface area (Å²) in [5.41, 5.74) is 7.69. The molecule has 0 amide bonds. The summed E-state index contributed by atoms with van der Waals surface area (Å²) in [7, 11) is 3.17. The summed E-state index contributed by atoms with van der Waals surface area (Å²) < 4.78 is 12.4. The molecule has 9 heteroatoms. The molecule has 0 aliphatic heterocycles. The predicted molar refractivity (Wildman–Crippen MR) is 115 cm³/mol. The maximum absolute atomic E-state index is 5.98. The van der Waals surface area contributed by atoms with Gasteiger partial charge in [0.15, 0.2) is 23.3 Å². The van der Waals surface area contributed by atoms with E-state index in [0.29, 0.717) is 23.9 Å². The van der Waals surface area contributed by atoms with Crippen LogP contribution in [0.4, 0.5) is 5.69 Å². The number of para-hydroxylation sites is 1. The second-order valence-electron chi connectivity index (χ2n) is 5.35. The molecule has 3 N–H and O–H groups in total. The van der Waals surface area contributed by atoms with E-state index in [-0.39, 0.29) is 29.9 Å². The minimum absolute atomic E-state index is 0. The van der Waals surface area contributed by atoms with E-state index in [9.17, 15) is 0 Å². The van der Waals surface area contributed by atoms with Crippen LogP contribution in [0.2, 0.25) is 0 Å². The van der Waals surface area contributed by atoms with Gasteiger partial charge in [-0.25, -0.2) is 4.99 Å². The molecule has 27 heavy (non-hydrogen) atoms. The molecule has 3 rings (SSSR count). The summed E-state index contributed by atoms with van der Waals surface area (Å²) in [5.74, 6) is 2.20. The van der Waals surface area contributed by atoms with E-state index in [2.05, 4.69) is 20.5 Å². The highest BCUT2D eigenvalue weighted by Crippen LogP contribution is 2.29. The Hall–Kier alpha value is -2.82. The third-order valence-corrected chi connectivity index (χ3v) is 3.70. The van der Waals surface area contributed by atoms with Gasteiger partial charge in [-0.3, -0.25) is 4.57 Å². The molecule has 0 spiro atoms. The standard InChI is InChI=1S/C18H20N6O2.HI/c1-25-15-9-8-13(10-16(15)26-2)22-18(19)20-11-17-23-21-12-24(17)14-6-4-3-5-7-14;/h3-10,12H,11H2,1-2H3,(H3,19,20,22);1H. The molecule has 1 aromatic heterocycles. The summed E-state index contributed by atoms with van der Waals surface area (Å²) in [5, 5.41) is 11.1. The molecule has 142 valence electrons. The number of aliphatic imine (C=N–C) groups is 1. The van der Waals surface area contributed by atoms with Crippen LogP contribution in [0.15, 0.2) is 59.9 Å². The first kappa shape index (κ1) is 20.5. The van der Waals surface area contributed by atoms with E-state index in [1.807, 2.05) is 41.0 Å². The number of hydrogen-bond acceptors (Lipinski definition) is 5. The first-order chi connectivity index (χ1) is 12.7. The van der Waals surface area contributed by atoms with E-state index < -0.39 is 0 Å². The van der Waals surface area contributed by atoms with Crippen LogP contribution in [0.5, 0.6) is 11.5 Å². The van der Waals surface area contributed by atoms with E-state index in [4.69, 9.17) is 15.2 Å². The summed E-state index contributed by atoms with van der Waals surface area (Å²) in [6, 6.07) is 15.2. The molecule has 3 aromatic rings. The van der Waals surface area contributed by atoms with Gasteiger partial charge in [-0.05, 0) is 24.3 Å². The Morgan fingerprint density at radius 1 is 1.11 bits per heavy atom. The molecular weight excluding hydrogens is 459 g/mol. The molecule has 0 aliphatic rings. The summed E-state index contributed by atoms with van der Waals surface area (Å²) in [4.78, 5) is 4.33. The van der Waals surface area contributed by atoms with Crippen molar-refractivity contribution in [2.24, 2.45) is 10.7 Å². The Morgan fingerprint density at radius 2 is 1.85 bits per heavy atom. The molecule has 0 unspecified atom stereocenters. The Morgan fingerprint density at radius 3 is 2.56 bits per heavy atom. The zero-order chi connectivity index (χ0) is 18.4. The normalized spacial score (nSPS) is 10.8. The lowest BCUT2D eigenvalue weighted by molar-refractivity contribution is 0.355. The molecule has 8 nitrogen and oxygen atoms in total. The van der Waals surface area contributed by atoms with Gasteiger partial charge in [0.25, 0.3) is 0 Å². The van der Waals surface area contributed by atoms with Crippen molar-refractivity contribution in [3.63, 3.8) is 0 Å². The number of halogens is 1. The van der Waals surface area contributed by atoms with Crippen LogP contribution in [0.1, 0.15) is 5.82 Å². The molecule has 1 heterocycles. The van der Waals surface area contributed by atoms with Gasteiger partial charge in [0.05, 0.1) is 14.2 Å². The quantitative estimate of drug-likeness (QED) is 0.320. The van der Waals surface area contributed by atoms with E-state index in [0.717, 1.165) is 11.4 Å². The van der Waals surface area contributed by atoms with Crippen LogP contribution in [-0.2, 0) is 6.54 Å². The largest absolute Gasteiger partial charge is 0.493 e. The van der Waals surface area contributed by atoms with E-state index >= 15 is 0 Å². The molecule has 0 radical (unpaired) electrons. The first-order valence-corrected chi connectivity index (χ1v) is 7.94. The summed E-state index contributed by atoms with van der Waals surface area (Å²) in [6.45, 7) is 0.293. The van der Waals surface area contributed by atoms with Gasteiger partial charge < -0.3 is 20.5 Å². The van der Waals surface area contributed by atoms with Gasteiger partial charge in [0.1, 0.15) is 12.9 Å². The van der Waals surface area contributed by atoms with Gasteiger partial charge in [0.2, 0.25) is 0 Å². The second kappa shape index (κ2) is 9.76. The fraction of sp³-hybridized carbons (Fsp3) is 0.167. The van der Waals surface area contributed by atoms with Crippen molar-refractivity contribution in [1.29, 1.82) is 0 Å². The Bertz CT molecular complexity index is 898. The highest BCUT2D eigenvalue weighted by Gasteiger charge is 2.07. The Balaban J connectivity index is 0.00000261. The lowest BCUT2D eigenvalue weighted by Crippen LogP contribution is -2.22. The number of nitrogens with zero attached hydrogens (tertiary/aromatic N) is 4. The lowest BCUT2D eigenvalue weighted by atomic mass is 10.3. The summed E-state index contributed by atoms with van der Waals surface area (Å²) >= 11 is 0. The van der Waals surface area contributed by atoms with Crippen molar-refractivity contribution in [2.75, 3.05) is 19.5 Å². The van der Waals surface area contributed by atoms with Crippen LogP contribution in [-0.4, -0.2) is 34.9 Å². The van der Waals surface area contributed by atoms with Crippen LogP contribution in [0.25, 0.3) is 5.69 Å². The fourth-order valence-electron chi connectivity index (χ4n) is 2.43. The molecule has 0 saturated heterocycles. The van der Waals surface area contributed by atoms with Crippen molar-refractivity contribution in [3.05, 3.63) is 60.7 Å². The first-order valence-electron chi connectivity index (χ1n) is 7.94. The molecule has 0 atom stereocenters. The van der Waals surface area contributed by atoms with Gasteiger partial charge >= 0.3 is 0 Å². The van der Waals surface area contributed by atoms with E-state index in [1.54, 1.807) is 32.7 Å². The molecule has 2 aromatic carbocycles. The predicted octanol–water partition coefficient (Wildman–Crippen LogP) is 2.83. The van der Waals surface area contributed by atoms with E-state index in [1.165, 1.54) is 0 Å². The van der Waals surface area contributed by atoms with Crippen molar-refractivity contribution >= 4 is 35.6 Å². The minimum Gasteiger partial charge on any atom is -0.493 e. The highest BCUT2D eigenvalue weighted by atomic mass is 127. The summed E-state index contributed by atoms with van der Waals surface area (Å²) in [6.07, 6.45) is 1.65. The number of nitrogens with one attached hydrogen (secondary N) is 1. The lowest BCUT2D eigenvalue weighted by Gasteiger charge is -2.11. The number of methoxy groups -OCH3 is 2. The number of ether oxygens (including phenoxy) is 2.